The Kier molecular flexibility index (Phi) is 4.85. The predicted octanol–water partition coefficient (Wildman–Crippen LogP) is 3.49. The third-order valence-corrected chi connectivity index (χ3v) is 5.53. The maximum atomic E-state index is 12.4. The van der Waals surface area contributed by atoms with Gasteiger partial charge in [0.1, 0.15) is 0 Å². The first kappa shape index (κ1) is 16.6. The lowest BCUT2D eigenvalue weighted by Crippen LogP contribution is -2.33. The molecule has 1 aliphatic carbocycles. The van der Waals surface area contributed by atoms with E-state index in [0.717, 1.165) is 19.3 Å². The summed E-state index contributed by atoms with van der Waals surface area (Å²) in [6, 6.07) is 2.85. The van der Waals surface area contributed by atoms with Crippen molar-refractivity contribution >= 4 is 37.2 Å². The Labute approximate surface area is 134 Å². The van der Waals surface area contributed by atoms with Gasteiger partial charge in [-0.2, -0.15) is 0 Å². The fraction of sp³-hybridized carbons (Fsp3) is 0.500. The Morgan fingerprint density at radius 1 is 1.33 bits per heavy atom. The average molecular weight is 350 g/mol. The molecule has 1 fully saturated rings. The van der Waals surface area contributed by atoms with Crippen LogP contribution in [0.1, 0.15) is 42.1 Å². The van der Waals surface area contributed by atoms with Crippen LogP contribution in [-0.2, 0) is 9.05 Å². The van der Waals surface area contributed by atoms with E-state index < -0.39 is 9.05 Å². The molecule has 0 aromatic heterocycles. The van der Waals surface area contributed by atoms with Crippen LogP contribution in [0, 0.1) is 12.8 Å². The zero-order valence-electron chi connectivity index (χ0n) is 11.8. The number of hydrogen-bond acceptors (Lipinski definition) is 3. The second-order valence-corrected chi connectivity index (χ2v) is 8.57. The van der Waals surface area contributed by atoms with Crippen molar-refractivity contribution in [3.63, 3.8) is 0 Å². The molecule has 1 saturated carbocycles. The van der Waals surface area contributed by atoms with Crippen molar-refractivity contribution in [2.24, 2.45) is 5.92 Å². The highest BCUT2D eigenvalue weighted by Crippen LogP contribution is 2.28. The van der Waals surface area contributed by atoms with Gasteiger partial charge in [-0.3, -0.25) is 4.79 Å². The van der Waals surface area contributed by atoms with Crippen molar-refractivity contribution in [2.75, 3.05) is 0 Å². The number of rotatable bonds is 3. The van der Waals surface area contributed by atoms with E-state index in [9.17, 15) is 13.2 Å². The molecule has 4 nitrogen and oxygen atoms in total. The minimum absolute atomic E-state index is 0.124. The minimum Gasteiger partial charge on any atom is -0.349 e. The minimum atomic E-state index is -3.94. The van der Waals surface area contributed by atoms with Gasteiger partial charge < -0.3 is 5.32 Å². The number of amides is 1. The summed E-state index contributed by atoms with van der Waals surface area (Å²) in [7, 11) is 1.44. The first-order chi connectivity index (χ1) is 9.68. The molecule has 1 amide bonds. The first-order valence-electron chi connectivity index (χ1n) is 6.74. The molecule has 0 saturated heterocycles. The summed E-state index contributed by atoms with van der Waals surface area (Å²) in [5, 5.41) is 3.11. The second kappa shape index (κ2) is 6.15. The number of benzene rings is 1. The summed E-state index contributed by atoms with van der Waals surface area (Å²) in [5.74, 6) is 0.283. The van der Waals surface area contributed by atoms with E-state index in [0.29, 0.717) is 11.5 Å². The maximum Gasteiger partial charge on any atom is 0.261 e. The van der Waals surface area contributed by atoms with Crippen LogP contribution >= 0.6 is 22.3 Å². The first-order valence-corrected chi connectivity index (χ1v) is 9.43. The smallest absolute Gasteiger partial charge is 0.261 e. The van der Waals surface area contributed by atoms with E-state index in [-0.39, 0.29) is 27.4 Å². The van der Waals surface area contributed by atoms with E-state index >= 15 is 0 Å². The van der Waals surface area contributed by atoms with Crippen LogP contribution in [0.2, 0.25) is 5.02 Å². The third kappa shape index (κ3) is 3.90. The Balaban J connectivity index is 2.31. The lowest BCUT2D eigenvalue weighted by Gasteiger charge is -2.15. The van der Waals surface area contributed by atoms with Gasteiger partial charge in [-0.15, -0.1) is 0 Å². The molecule has 7 heteroatoms. The highest BCUT2D eigenvalue weighted by molar-refractivity contribution is 8.13. The summed E-state index contributed by atoms with van der Waals surface area (Å²) in [4.78, 5) is 12.2. The van der Waals surface area contributed by atoms with Crippen molar-refractivity contribution in [1.29, 1.82) is 0 Å². The van der Waals surface area contributed by atoms with Crippen molar-refractivity contribution in [2.45, 2.75) is 44.0 Å². The maximum absolute atomic E-state index is 12.4. The number of hydrogen-bond donors (Lipinski definition) is 1. The number of halogens is 2. The molecule has 1 aromatic rings. The number of nitrogens with one attached hydrogen (secondary N) is 1. The Morgan fingerprint density at radius 3 is 2.52 bits per heavy atom. The normalized spacial score (nSPS) is 22.3. The molecule has 21 heavy (non-hydrogen) atoms. The molecule has 116 valence electrons. The quantitative estimate of drug-likeness (QED) is 0.849. The van der Waals surface area contributed by atoms with Crippen LogP contribution in [0.15, 0.2) is 17.0 Å². The Bertz CT molecular complexity index is 673. The summed E-state index contributed by atoms with van der Waals surface area (Å²) >= 11 is 5.91. The van der Waals surface area contributed by atoms with E-state index in [1.807, 2.05) is 0 Å². The summed E-state index contributed by atoms with van der Waals surface area (Å²) < 4.78 is 23.1. The molecule has 0 heterocycles. The zero-order valence-corrected chi connectivity index (χ0v) is 14.1. The molecule has 0 bridgehead atoms. The van der Waals surface area contributed by atoms with Crippen LogP contribution in [0.3, 0.4) is 0 Å². The fourth-order valence-corrected chi connectivity index (χ4v) is 4.25. The molecule has 2 atom stereocenters. The van der Waals surface area contributed by atoms with Gasteiger partial charge in [0.15, 0.2) is 0 Å². The fourth-order valence-electron chi connectivity index (χ4n) is 2.74. The van der Waals surface area contributed by atoms with Crippen molar-refractivity contribution in [3.8, 4) is 0 Å². The molecule has 2 unspecified atom stereocenters. The molecule has 1 aliphatic rings. The van der Waals surface area contributed by atoms with Gasteiger partial charge in [-0.05, 0) is 49.8 Å². The zero-order chi connectivity index (χ0) is 15.8. The topological polar surface area (TPSA) is 63.2 Å². The monoisotopic (exact) mass is 349 g/mol. The highest BCUT2D eigenvalue weighted by atomic mass is 35.7. The summed E-state index contributed by atoms with van der Waals surface area (Å²) in [6.07, 6.45) is 2.96. The number of carbonyl (C=O) groups excluding carboxylic acids is 1. The van der Waals surface area contributed by atoms with Crippen LogP contribution in [0.5, 0.6) is 0 Å². The predicted molar refractivity (Wildman–Crippen MR) is 83.5 cm³/mol. The Hall–Kier alpha value is -0.780. The van der Waals surface area contributed by atoms with E-state index in [2.05, 4.69) is 12.2 Å². The molecule has 0 spiro atoms. The molecule has 1 aromatic carbocycles. The molecular formula is C14H17Cl2NO3S. The van der Waals surface area contributed by atoms with Gasteiger partial charge in [-0.25, -0.2) is 8.42 Å². The van der Waals surface area contributed by atoms with Crippen LogP contribution in [0.4, 0.5) is 0 Å². The van der Waals surface area contributed by atoms with Crippen LogP contribution in [0.25, 0.3) is 0 Å². The third-order valence-electron chi connectivity index (χ3n) is 3.86. The lowest BCUT2D eigenvalue weighted by atomic mass is 10.1. The van der Waals surface area contributed by atoms with Gasteiger partial charge in [0.2, 0.25) is 0 Å². The summed E-state index contributed by atoms with van der Waals surface area (Å²) in [6.45, 7) is 3.70. The SMILES string of the molecule is Cc1c(C(=O)NC2CCC(C)C2)cc(Cl)cc1S(=O)(=O)Cl. The Morgan fingerprint density at radius 2 is 2.00 bits per heavy atom. The van der Waals surface area contributed by atoms with Gasteiger partial charge in [-0.1, -0.05) is 18.5 Å². The van der Waals surface area contributed by atoms with E-state index in [1.165, 1.54) is 12.1 Å². The number of carbonyl (C=O) groups is 1. The van der Waals surface area contributed by atoms with Gasteiger partial charge in [0.25, 0.3) is 15.0 Å². The lowest BCUT2D eigenvalue weighted by molar-refractivity contribution is 0.0936. The molecule has 2 rings (SSSR count). The van der Waals surface area contributed by atoms with Crippen LogP contribution in [-0.4, -0.2) is 20.4 Å². The second-order valence-electron chi connectivity index (χ2n) is 5.60. The van der Waals surface area contributed by atoms with Gasteiger partial charge in [0, 0.05) is 27.3 Å². The summed E-state index contributed by atoms with van der Waals surface area (Å²) in [5.41, 5.74) is 0.569. The van der Waals surface area contributed by atoms with Gasteiger partial charge in [0.05, 0.1) is 4.90 Å². The van der Waals surface area contributed by atoms with Crippen molar-refractivity contribution in [3.05, 3.63) is 28.3 Å². The molecule has 0 aliphatic heterocycles. The van der Waals surface area contributed by atoms with Crippen molar-refractivity contribution < 1.29 is 13.2 Å². The molecule has 1 N–H and O–H groups in total. The average Bonchev–Trinajstić information content (AvgIpc) is 2.75. The van der Waals surface area contributed by atoms with Crippen molar-refractivity contribution in [1.82, 2.24) is 5.32 Å². The van der Waals surface area contributed by atoms with Crippen LogP contribution < -0.4 is 5.32 Å². The molecule has 0 radical (unpaired) electrons. The van der Waals surface area contributed by atoms with E-state index in [1.54, 1.807) is 6.92 Å². The standard InChI is InChI=1S/C14H17Cl2NO3S/c1-8-3-4-11(5-8)17-14(18)12-6-10(15)7-13(9(12)2)21(16,19)20/h6-8,11H,3-5H2,1-2H3,(H,17,18). The largest absolute Gasteiger partial charge is 0.349 e. The highest BCUT2D eigenvalue weighted by Gasteiger charge is 2.25. The molecular weight excluding hydrogens is 333 g/mol. The van der Waals surface area contributed by atoms with Gasteiger partial charge >= 0.3 is 0 Å². The van der Waals surface area contributed by atoms with E-state index in [4.69, 9.17) is 22.3 Å².